The molecule has 1 aliphatic rings. The van der Waals surface area contributed by atoms with Crippen LogP contribution < -0.4 is 14.4 Å². The van der Waals surface area contributed by atoms with Crippen LogP contribution in [-0.4, -0.2) is 30.1 Å². The highest BCUT2D eigenvalue weighted by molar-refractivity contribution is 7.91. The molecular formula is C25H20F2N2O4S. The molecule has 0 spiro atoms. The number of rotatable bonds is 5. The zero-order valence-electron chi connectivity index (χ0n) is 18.3. The summed E-state index contributed by atoms with van der Waals surface area (Å²) in [5, 5.41) is 2.80. The summed E-state index contributed by atoms with van der Waals surface area (Å²) in [6.07, 6.45) is 1.26. The number of fused-ring (bicyclic) bond motifs is 1. The summed E-state index contributed by atoms with van der Waals surface area (Å²) in [6.45, 7) is 0.277. The number of carbonyl (C=O) groups excluding carboxylic acids is 2. The zero-order chi connectivity index (χ0) is 24.4. The molecule has 1 unspecified atom stereocenters. The zero-order valence-corrected chi connectivity index (χ0v) is 19.1. The predicted octanol–water partition coefficient (Wildman–Crippen LogP) is 4.24. The number of nitrogens with one attached hydrogen (secondary N) is 1. The van der Waals surface area contributed by atoms with Gasteiger partial charge in [-0.25, -0.2) is 13.0 Å². The van der Waals surface area contributed by atoms with Gasteiger partial charge in [0.15, 0.2) is 22.6 Å². The number of halogens is 2. The SMILES string of the molecule is COc1ccc(CNC(=O)c2ccc3c(c2)C(=O)/C(=C/c2ccc(F)c(F)c2)S(=O)N3C)cc1. The number of carbonyl (C=O) groups is 2. The minimum atomic E-state index is -1.86. The maximum Gasteiger partial charge on any atom is 0.251 e. The standard InChI is InChI=1S/C25H20F2N2O4S/c1-29-22-10-6-17(25(31)28-14-15-3-7-18(33-2)8-4-15)13-19(22)24(30)23(34(29)32)12-16-5-9-20(26)21(27)11-16/h3-13H,14H2,1-2H3,(H,28,31)/b23-12-. The van der Waals surface area contributed by atoms with Crippen molar-refractivity contribution in [2.75, 3.05) is 18.5 Å². The minimum Gasteiger partial charge on any atom is -0.497 e. The molecule has 3 aromatic rings. The summed E-state index contributed by atoms with van der Waals surface area (Å²) in [7, 11) is 1.26. The fraction of sp³-hybridized carbons (Fsp3) is 0.120. The quantitative estimate of drug-likeness (QED) is 0.552. The van der Waals surface area contributed by atoms with E-state index in [1.54, 1.807) is 38.4 Å². The van der Waals surface area contributed by atoms with Gasteiger partial charge >= 0.3 is 0 Å². The fourth-order valence-corrected chi connectivity index (χ4v) is 4.62. The summed E-state index contributed by atoms with van der Waals surface area (Å²) < 4.78 is 46.2. The number of ether oxygens (including phenoxy) is 1. The molecule has 0 aromatic heterocycles. The van der Waals surface area contributed by atoms with Crippen LogP contribution in [0.1, 0.15) is 31.8 Å². The van der Waals surface area contributed by atoms with E-state index in [0.29, 0.717) is 11.4 Å². The van der Waals surface area contributed by atoms with Gasteiger partial charge in [-0.2, -0.15) is 0 Å². The number of ketones is 1. The highest BCUT2D eigenvalue weighted by Gasteiger charge is 2.32. The molecule has 1 heterocycles. The van der Waals surface area contributed by atoms with Crippen LogP contribution in [0.25, 0.3) is 6.08 Å². The fourth-order valence-electron chi connectivity index (χ4n) is 3.48. The van der Waals surface area contributed by atoms with Crippen LogP contribution in [0.4, 0.5) is 14.5 Å². The monoisotopic (exact) mass is 482 g/mol. The van der Waals surface area contributed by atoms with Crippen LogP contribution in [0.3, 0.4) is 0 Å². The largest absolute Gasteiger partial charge is 0.497 e. The second-order valence-corrected chi connectivity index (χ2v) is 9.01. The summed E-state index contributed by atoms with van der Waals surface area (Å²) in [5.74, 6) is -2.33. The Morgan fingerprint density at radius 3 is 2.47 bits per heavy atom. The molecule has 0 radical (unpaired) electrons. The third-order valence-electron chi connectivity index (χ3n) is 5.36. The van der Waals surface area contributed by atoms with Crippen molar-refractivity contribution in [2.45, 2.75) is 6.54 Å². The number of hydrogen-bond acceptors (Lipinski definition) is 4. The van der Waals surface area contributed by atoms with E-state index >= 15 is 0 Å². The van der Waals surface area contributed by atoms with Gasteiger partial charge in [0.2, 0.25) is 5.78 Å². The molecule has 174 valence electrons. The lowest BCUT2D eigenvalue weighted by Gasteiger charge is -2.27. The number of allylic oxidation sites excluding steroid dienone is 1. The molecular weight excluding hydrogens is 462 g/mol. The first-order valence-electron chi connectivity index (χ1n) is 10.2. The van der Waals surface area contributed by atoms with Crippen molar-refractivity contribution in [2.24, 2.45) is 0 Å². The molecule has 0 bridgehead atoms. The van der Waals surface area contributed by atoms with Crippen molar-refractivity contribution in [1.29, 1.82) is 0 Å². The highest BCUT2D eigenvalue weighted by Crippen LogP contribution is 2.33. The number of methoxy groups -OCH3 is 1. The van der Waals surface area contributed by atoms with E-state index in [4.69, 9.17) is 4.74 Å². The Kier molecular flexibility index (Phi) is 6.56. The van der Waals surface area contributed by atoms with Gasteiger partial charge in [0.1, 0.15) is 10.7 Å². The molecule has 4 rings (SSSR count). The van der Waals surface area contributed by atoms with E-state index in [1.165, 1.54) is 22.5 Å². The second kappa shape index (κ2) is 9.56. The molecule has 0 saturated carbocycles. The van der Waals surface area contributed by atoms with E-state index in [0.717, 1.165) is 17.7 Å². The number of hydrogen-bond donors (Lipinski definition) is 1. The van der Waals surface area contributed by atoms with Crippen LogP contribution in [0.5, 0.6) is 5.75 Å². The Morgan fingerprint density at radius 1 is 1.06 bits per heavy atom. The van der Waals surface area contributed by atoms with Crippen molar-refractivity contribution in [1.82, 2.24) is 5.32 Å². The van der Waals surface area contributed by atoms with Crippen LogP contribution in [0.2, 0.25) is 0 Å². The topological polar surface area (TPSA) is 75.7 Å². The first kappa shape index (κ1) is 23.3. The minimum absolute atomic E-state index is 0.100. The molecule has 6 nitrogen and oxygen atoms in total. The van der Waals surface area contributed by atoms with Gasteiger partial charge in [0, 0.05) is 24.7 Å². The Hall–Kier alpha value is -3.85. The van der Waals surface area contributed by atoms with Crippen LogP contribution in [0.15, 0.2) is 65.6 Å². The Labute approximate surface area is 197 Å². The number of amides is 1. The maximum atomic E-state index is 13.6. The van der Waals surface area contributed by atoms with E-state index in [2.05, 4.69) is 5.32 Å². The van der Waals surface area contributed by atoms with Crippen LogP contribution in [-0.2, 0) is 17.5 Å². The van der Waals surface area contributed by atoms with Gasteiger partial charge < -0.3 is 10.1 Å². The number of nitrogens with zero attached hydrogens (tertiary/aromatic N) is 1. The van der Waals surface area contributed by atoms with Crippen molar-refractivity contribution in [3.63, 3.8) is 0 Å². The first-order valence-corrected chi connectivity index (χ1v) is 11.3. The summed E-state index contributed by atoms with van der Waals surface area (Å²) in [5.41, 5.74) is 1.91. The summed E-state index contributed by atoms with van der Waals surface area (Å²) in [6, 6.07) is 14.9. The van der Waals surface area contributed by atoms with Crippen molar-refractivity contribution in [3.8, 4) is 5.75 Å². The molecule has 34 heavy (non-hydrogen) atoms. The molecule has 1 N–H and O–H groups in total. The van der Waals surface area contributed by atoms with Gasteiger partial charge in [0.25, 0.3) is 5.91 Å². The van der Waals surface area contributed by atoms with Gasteiger partial charge in [0.05, 0.1) is 12.8 Å². The molecule has 1 amide bonds. The van der Waals surface area contributed by atoms with Gasteiger partial charge in [-0.05, 0) is 59.7 Å². The molecule has 3 aromatic carbocycles. The number of anilines is 1. The summed E-state index contributed by atoms with van der Waals surface area (Å²) in [4.78, 5) is 25.8. The molecule has 0 fully saturated rings. The molecule has 0 saturated heterocycles. The van der Waals surface area contributed by atoms with Crippen molar-refractivity contribution < 1.29 is 27.3 Å². The average Bonchev–Trinajstić information content (AvgIpc) is 2.85. The van der Waals surface area contributed by atoms with Gasteiger partial charge in [-0.3, -0.25) is 13.9 Å². The highest BCUT2D eigenvalue weighted by atomic mass is 32.2. The third kappa shape index (κ3) is 4.60. The van der Waals surface area contributed by atoms with Gasteiger partial charge in [-0.1, -0.05) is 18.2 Å². The lowest BCUT2D eigenvalue weighted by molar-refractivity contribution is 0.0951. The predicted molar refractivity (Wildman–Crippen MR) is 126 cm³/mol. The smallest absolute Gasteiger partial charge is 0.251 e. The maximum absolute atomic E-state index is 13.6. The van der Waals surface area contributed by atoms with Crippen LogP contribution in [0, 0.1) is 11.6 Å². The Balaban J connectivity index is 1.59. The normalized spacial score (nSPS) is 16.4. The molecule has 1 atom stereocenters. The third-order valence-corrected chi connectivity index (χ3v) is 6.73. The van der Waals surface area contributed by atoms with Gasteiger partial charge in [-0.15, -0.1) is 0 Å². The first-order chi connectivity index (χ1) is 16.3. The lowest BCUT2D eigenvalue weighted by atomic mass is 10.0. The van der Waals surface area contributed by atoms with E-state index in [9.17, 15) is 22.6 Å². The second-order valence-electron chi connectivity index (χ2n) is 7.52. The van der Waals surface area contributed by atoms with Crippen molar-refractivity contribution >= 4 is 34.4 Å². The molecule has 0 aliphatic carbocycles. The Morgan fingerprint density at radius 2 is 1.79 bits per heavy atom. The Bertz CT molecular complexity index is 1340. The van der Waals surface area contributed by atoms with Crippen molar-refractivity contribution in [3.05, 3.63) is 99.5 Å². The average molecular weight is 483 g/mol. The molecule has 1 aliphatic heterocycles. The van der Waals surface area contributed by atoms with E-state index in [1.807, 2.05) is 12.1 Å². The summed E-state index contributed by atoms with van der Waals surface area (Å²) >= 11 is 0. The molecule has 9 heteroatoms. The van der Waals surface area contributed by atoms with E-state index in [-0.39, 0.29) is 34.0 Å². The number of Topliss-reactive ketones (excluding diaryl/α,β-unsaturated/α-hetero) is 1. The van der Waals surface area contributed by atoms with Crippen LogP contribution >= 0.6 is 0 Å². The number of benzene rings is 3. The van der Waals surface area contributed by atoms with E-state index < -0.39 is 28.4 Å². The lowest BCUT2D eigenvalue weighted by Crippen LogP contribution is -2.32.